The lowest BCUT2D eigenvalue weighted by Crippen LogP contribution is -2.50. The summed E-state index contributed by atoms with van der Waals surface area (Å²) in [7, 11) is -3.65. The van der Waals surface area contributed by atoms with Gasteiger partial charge in [0.2, 0.25) is 16.0 Å². The number of aromatic nitrogens is 5. The van der Waals surface area contributed by atoms with Gasteiger partial charge in [-0.1, -0.05) is 0 Å². The molecule has 0 spiro atoms. The minimum atomic E-state index is -3.65. The molecule has 11 nitrogen and oxygen atoms in total. The van der Waals surface area contributed by atoms with Crippen molar-refractivity contribution in [3.8, 4) is 17.3 Å². The summed E-state index contributed by atoms with van der Waals surface area (Å²) < 4.78 is 27.4. The molecule has 0 aromatic carbocycles. The third kappa shape index (κ3) is 3.74. The molecule has 2 N–H and O–H groups in total. The Balaban J connectivity index is 1.64. The van der Waals surface area contributed by atoms with Crippen molar-refractivity contribution in [1.82, 2.24) is 30.2 Å². The SMILES string of the molecule is CS(=O)(=O)N(c1nc(N2CC(C#N)C2)ncc1-c1cnc2[nH]ccc2n1)[C@H]1CCCNC1. The van der Waals surface area contributed by atoms with E-state index in [9.17, 15) is 8.42 Å². The van der Waals surface area contributed by atoms with E-state index in [0.717, 1.165) is 19.4 Å². The molecular weight excluding hydrogens is 430 g/mol. The van der Waals surface area contributed by atoms with Gasteiger partial charge in [-0.25, -0.2) is 27.7 Å². The second kappa shape index (κ2) is 7.99. The van der Waals surface area contributed by atoms with Crippen LogP contribution >= 0.6 is 0 Å². The highest BCUT2D eigenvalue weighted by atomic mass is 32.2. The Labute approximate surface area is 185 Å². The number of nitrogens with zero attached hydrogens (tertiary/aromatic N) is 7. The summed E-state index contributed by atoms with van der Waals surface area (Å²) in [5.74, 6) is 0.622. The fourth-order valence-corrected chi connectivity index (χ4v) is 5.36. The predicted octanol–water partition coefficient (Wildman–Crippen LogP) is 0.893. The van der Waals surface area contributed by atoms with Gasteiger partial charge in [0.15, 0.2) is 11.5 Å². The average Bonchev–Trinajstić information content (AvgIpc) is 3.21. The Morgan fingerprint density at radius 2 is 2.09 bits per heavy atom. The summed E-state index contributed by atoms with van der Waals surface area (Å²) in [6, 6.07) is 3.77. The van der Waals surface area contributed by atoms with Crippen molar-refractivity contribution in [3.63, 3.8) is 0 Å². The second-order valence-corrected chi connectivity index (χ2v) is 10.0. The van der Waals surface area contributed by atoms with Crippen LogP contribution in [-0.4, -0.2) is 71.8 Å². The lowest BCUT2D eigenvalue weighted by molar-refractivity contribution is 0.453. The fraction of sp³-hybridized carbons (Fsp3) is 0.450. The Hall–Kier alpha value is -3.30. The number of sulfonamides is 1. The van der Waals surface area contributed by atoms with Crippen molar-refractivity contribution in [2.75, 3.05) is 41.6 Å². The summed E-state index contributed by atoms with van der Waals surface area (Å²) in [4.78, 5) is 23.1. The van der Waals surface area contributed by atoms with Crippen molar-refractivity contribution in [2.45, 2.75) is 18.9 Å². The number of rotatable bonds is 5. The Kier molecular flexibility index (Phi) is 5.15. The van der Waals surface area contributed by atoms with E-state index in [2.05, 4.69) is 31.3 Å². The number of fused-ring (bicyclic) bond motifs is 1. The molecule has 2 saturated heterocycles. The number of hydrogen-bond acceptors (Lipinski definition) is 9. The van der Waals surface area contributed by atoms with E-state index in [4.69, 9.17) is 10.2 Å². The highest BCUT2D eigenvalue weighted by Crippen LogP contribution is 2.34. The number of hydrogen-bond donors (Lipinski definition) is 2. The first-order valence-electron chi connectivity index (χ1n) is 10.5. The molecule has 12 heteroatoms. The van der Waals surface area contributed by atoms with Crippen LogP contribution in [0, 0.1) is 17.2 Å². The van der Waals surface area contributed by atoms with Gasteiger partial charge in [-0.15, -0.1) is 0 Å². The third-order valence-electron chi connectivity index (χ3n) is 5.81. The summed E-state index contributed by atoms with van der Waals surface area (Å²) in [6.07, 6.45) is 7.74. The molecule has 2 fully saturated rings. The van der Waals surface area contributed by atoms with Crippen LogP contribution in [0.2, 0.25) is 0 Å². The number of nitrogens with one attached hydrogen (secondary N) is 2. The quantitative estimate of drug-likeness (QED) is 0.575. The second-order valence-electron chi connectivity index (χ2n) is 8.16. The molecule has 0 saturated carbocycles. The van der Waals surface area contributed by atoms with Gasteiger partial charge >= 0.3 is 0 Å². The largest absolute Gasteiger partial charge is 0.345 e. The monoisotopic (exact) mass is 453 g/mol. The molecule has 1 atom stereocenters. The van der Waals surface area contributed by atoms with Crippen LogP contribution in [0.1, 0.15) is 12.8 Å². The molecule has 0 unspecified atom stereocenters. The number of H-pyrrole nitrogens is 1. The van der Waals surface area contributed by atoms with Crippen molar-refractivity contribution >= 4 is 33.0 Å². The standard InChI is InChI=1S/C20H23N9O2S/c1-32(30,31)29(14-3-2-5-22-8-14)19-15(17-10-24-18-16(26-17)4-6-23-18)9-25-20(27-19)28-11-13(7-21)12-28/h4,6,9-10,13-14,22H,2-3,5,8,11-12H2,1H3,(H,23,24)/t14-/m0/s1. The number of nitriles is 1. The molecule has 166 valence electrons. The average molecular weight is 454 g/mol. The first kappa shape index (κ1) is 20.6. The van der Waals surface area contributed by atoms with Crippen molar-refractivity contribution in [2.24, 2.45) is 5.92 Å². The lowest BCUT2D eigenvalue weighted by atomic mass is 10.0. The van der Waals surface area contributed by atoms with E-state index in [1.165, 1.54) is 10.6 Å². The summed E-state index contributed by atoms with van der Waals surface area (Å²) in [5, 5.41) is 12.4. The van der Waals surface area contributed by atoms with Gasteiger partial charge in [-0.2, -0.15) is 10.2 Å². The first-order chi connectivity index (χ1) is 15.4. The van der Waals surface area contributed by atoms with Crippen LogP contribution in [-0.2, 0) is 10.0 Å². The van der Waals surface area contributed by atoms with Gasteiger partial charge < -0.3 is 15.2 Å². The Morgan fingerprint density at radius 3 is 2.81 bits per heavy atom. The maximum Gasteiger partial charge on any atom is 0.233 e. The maximum atomic E-state index is 13.0. The van der Waals surface area contributed by atoms with Crippen LogP contribution in [0.15, 0.2) is 24.7 Å². The van der Waals surface area contributed by atoms with E-state index in [1.807, 2.05) is 11.0 Å². The molecule has 2 aliphatic heterocycles. The smallest absolute Gasteiger partial charge is 0.233 e. The zero-order valence-corrected chi connectivity index (χ0v) is 18.4. The van der Waals surface area contributed by atoms with Crippen LogP contribution in [0.5, 0.6) is 0 Å². The van der Waals surface area contributed by atoms with Crippen LogP contribution in [0.4, 0.5) is 11.8 Å². The van der Waals surface area contributed by atoms with Crippen LogP contribution in [0.3, 0.4) is 0 Å². The Bertz CT molecular complexity index is 1290. The fourth-order valence-electron chi connectivity index (χ4n) is 4.18. The van der Waals surface area contributed by atoms with E-state index in [0.29, 0.717) is 48.0 Å². The molecule has 5 rings (SSSR count). The number of anilines is 2. The molecule has 0 radical (unpaired) electrons. The molecule has 0 bridgehead atoms. The first-order valence-corrected chi connectivity index (χ1v) is 12.3. The lowest BCUT2D eigenvalue weighted by Gasteiger charge is -2.37. The zero-order valence-electron chi connectivity index (χ0n) is 17.6. The van der Waals surface area contributed by atoms with Crippen molar-refractivity contribution < 1.29 is 8.42 Å². The topological polar surface area (TPSA) is 144 Å². The van der Waals surface area contributed by atoms with Gasteiger partial charge in [0.25, 0.3) is 0 Å². The highest BCUT2D eigenvalue weighted by molar-refractivity contribution is 7.92. The van der Waals surface area contributed by atoms with E-state index in [1.54, 1.807) is 18.6 Å². The number of piperidine rings is 1. The van der Waals surface area contributed by atoms with E-state index < -0.39 is 10.0 Å². The highest BCUT2D eigenvalue weighted by Gasteiger charge is 2.34. The van der Waals surface area contributed by atoms with Gasteiger partial charge in [-0.05, 0) is 25.5 Å². The molecule has 3 aromatic rings. The minimum Gasteiger partial charge on any atom is -0.345 e. The summed E-state index contributed by atoms with van der Waals surface area (Å²) in [6.45, 7) is 2.44. The zero-order chi connectivity index (χ0) is 22.3. The van der Waals surface area contributed by atoms with Gasteiger partial charge in [-0.3, -0.25) is 0 Å². The predicted molar refractivity (Wildman–Crippen MR) is 119 cm³/mol. The van der Waals surface area contributed by atoms with Crippen LogP contribution in [0.25, 0.3) is 22.4 Å². The van der Waals surface area contributed by atoms with Gasteiger partial charge in [0.05, 0.1) is 41.7 Å². The van der Waals surface area contributed by atoms with Crippen molar-refractivity contribution in [3.05, 3.63) is 24.7 Å². The molecule has 32 heavy (non-hydrogen) atoms. The third-order valence-corrected chi connectivity index (χ3v) is 6.99. The summed E-state index contributed by atoms with van der Waals surface area (Å²) >= 11 is 0. The maximum absolute atomic E-state index is 13.0. The molecule has 2 aliphatic rings. The summed E-state index contributed by atoms with van der Waals surface area (Å²) in [5.41, 5.74) is 2.31. The van der Waals surface area contributed by atoms with Gasteiger partial charge in [0, 0.05) is 32.0 Å². The molecule has 5 heterocycles. The molecule has 0 amide bonds. The molecular formula is C20H23N9O2S. The molecule has 3 aromatic heterocycles. The number of aromatic amines is 1. The minimum absolute atomic E-state index is 0.0721. The van der Waals surface area contributed by atoms with E-state index in [-0.39, 0.29) is 17.8 Å². The van der Waals surface area contributed by atoms with Crippen LogP contribution < -0.4 is 14.5 Å². The Morgan fingerprint density at radius 1 is 1.25 bits per heavy atom. The van der Waals surface area contributed by atoms with Crippen molar-refractivity contribution in [1.29, 1.82) is 5.26 Å². The normalized spacial score (nSPS) is 19.5. The molecule has 0 aliphatic carbocycles. The van der Waals surface area contributed by atoms with Gasteiger partial charge in [0.1, 0.15) is 5.52 Å². The van der Waals surface area contributed by atoms with E-state index >= 15 is 0 Å².